The van der Waals surface area contributed by atoms with E-state index in [-0.39, 0.29) is 18.4 Å². The van der Waals surface area contributed by atoms with Crippen LogP contribution in [-0.4, -0.2) is 17.6 Å². The molecule has 1 aliphatic rings. The van der Waals surface area contributed by atoms with Crippen LogP contribution in [0.15, 0.2) is 12.2 Å². The largest absolute Gasteiger partial charge is 0.396 e. The molecular formula is C10H17NO2. The van der Waals surface area contributed by atoms with Crippen LogP contribution in [0.4, 0.5) is 0 Å². The average molecular weight is 183 g/mol. The molecule has 3 nitrogen and oxygen atoms in total. The number of aliphatic hydroxyl groups is 1. The molecule has 13 heavy (non-hydrogen) atoms. The summed E-state index contributed by atoms with van der Waals surface area (Å²) in [6.45, 7) is 1.90. The summed E-state index contributed by atoms with van der Waals surface area (Å²) in [5.41, 5.74) is 4.88. The van der Waals surface area contributed by atoms with Crippen LogP contribution < -0.4 is 5.73 Å². The number of carbonyl (C=O) groups is 1. The first kappa shape index (κ1) is 10.3. The quantitative estimate of drug-likeness (QED) is 0.636. The van der Waals surface area contributed by atoms with Crippen molar-refractivity contribution in [2.45, 2.75) is 26.2 Å². The molecule has 0 saturated heterocycles. The third-order valence-electron chi connectivity index (χ3n) is 3.11. The maximum Gasteiger partial charge on any atom is 0.224 e. The second kappa shape index (κ2) is 3.92. The summed E-state index contributed by atoms with van der Waals surface area (Å²) in [4.78, 5) is 11.4. The van der Waals surface area contributed by atoms with Gasteiger partial charge in [-0.05, 0) is 25.2 Å². The Morgan fingerprint density at radius 3 is 2.77 bits per heavy atom. The zero-order chi connectivity index (χ0) is 9.90. The van der Waals surface area contributed by atoms with Crippen molar-refractivity contribution < 1.29 is 9.90 Å². The first-order valence-corrected chi connectivity index (χ1v) is 4.69. The van der Waals surface area contributed by atoms with Gasteiger partial charge in [-0.1, -0.05) is 19.1 Å². The number of allylic oxidation sites excluding steroid dienone is 2. The third-order valence-corrected chi connectivity index (χ3v) is 3.11. The van der Waals surface area contributed by atoms with E-state index < -0.39 is 5.41 Å². The smallest absolute Gasteiger partial charge is 0.224 e. The van der Waals surface area contributed by atoms with Gasteiger partial charge in [-0.25, -0.2) is 0 Å². The number of amides is 1. The summed E-state index contributed by atoms with van der Waals surface area (Å²) in [6, 6.07) is 0. The lowest BCUT2D eigenvalue weighted by atomic mass is 9.68. The van der Waals surface area contributed by atoms with Crippen LogP contribution in [0, 0.1) is 11.3 Å². The van der Waals surface area contributed by atoms with E-state index in [2.05, 4.69) is 6.08 Å². The van der Waals surface area contributed by atoms with Crippen molar-refractivity contribution in [3.63, 3.8) is 0 Å². The van der Waals surface area contributed by atoms with Crippen molar-refractivity contribution in [1.29, 1.82) is 0 Å². The SMILES string of the molecule is C[C@@H](CO)C1(C(N)=O)CC=CCC1. The number of hydrogen-bond donors (Lipinski definition) is 2. The summed E-state index contributed by atoms with van der Waals surface area (Å²) in [6.07, 6.45) is 6.36. The van der Waals surface area contributed by atoms with E-state index in [1.54, 1.807) is 0 Å². The Kier molecular flexibility index (Phi) is 3.09. The number of nitrogens with two attached hydrogens (primary N) is 1. The number of carbonyl (C=O) groups excluding carboxylic acids is 1. The molecule has 1 rings (SSSR count). The van der Waals surface area contributed by atoms with Gasteiger partial charge in [-0.15, -0.1) is 0 Å². The van der Waals surface area contributed by atoms with Crippen molar-refractivity contribution in [1.82, 2.24) is 0 Å². The number of aliphatic hydroxyl groups excluding tert-OH is 1. The van der Waals surface area contributed by atoms with Gasteiger partial charge in [0.05, 0.1) is 5.41 Å². The lowest BCUT2D eigenvalue weighted by Crippen LogP contribution is -2.44. The van der Waals surface area contributed by atoms with Crippen LogP contribution in [0.3, 0.4) is 0 Å². The molecule has 3 heteroatoms. The van der Waals surface area contributed by atoms with E-state index in [1.165, 1.54) is 0 Å². The van der Waals surface area contributed by atoms with Gasteiger partial charge >= 0.3 is 0 Å². The van der Waals surface area contributed by atoms with Crippen LogP contribution >= 0.6 is 0 Å². The summed E-state index contributed by atoms with van der Waals surface area (Å²) < 4.78 is 0. The lowest BCUT2D eigenvalue weighted by Gasteiger charge is -2.36. The molecule has 0 saturated carbocycles. The standard InChI is InChI=1S/C10H17NO2/c1-8(7-12)10(9(11)13)5-3-2-4-6-10/h2-3,8,12H,4-7H2,1H3,(H2,11,13)/t8-,10?/m0/s1. The third kappa shape index (κ3) is 1.75. The Hall–Kier alpha value is -0.830. The van der Waals surface area contributed by atoms with E-state index in [4.69, 9.17) is 10.8 Å². The molecule has 2 atom stereocenters. The van der Waals surface area contributed by atoms with Gasteiger partial charge in [0.1, 0.15) is 0 Å². The van der Waals surface area contributed by atoms with Gasteiger partial charge in [-0.2, -0.15) is 0 Å². The molecule has 0 aliphatic heterocycles. The first-order valence-electron chi connectivity index (χ1n) is 4.69. The highest BCUT2D eigenvalue weighted by Crippen LogP contribution is 2.39. The van der Waals surface area contributed by atoms with Gasteiger partial charge in [-0.3, -0.25) is 4.79 Å². The second-order valence-corrected chi connectivity index (χ2v) is 3.82. The number of hydrogen-bond acceptors (Lipinski definition) is 2. The van der Waals surface area contributed by atoms with Crippen LogP contribution in [0.25, 0.3) is 0 Å². The maximum atomic E-state index is 11.4. The Balaban J connectivity index is 2.87. The molecule has 0 spiro atoms. The highest BCUT2D eigenvalue weighted by molar-refractivity contribution is 5.81. The Labute approximate surface area is 78.6 Å². The van der Waals surface area contributed by atoms with Crippen molar-refractivity contribution >= 4 is 5.91 Å². The fourth-order valence-corrected chi connectivity index (χ4v) is 1.94. The van der Waals surface area contributed by atoms with Crippen molar-refractivity contribution in [2.75, 3.05) is 6.61 Å². The topological polar surface area (TPSA) is 63.3 Å². The summed E-state index contributed by atoms with van der Waals surface area (Å²) in [5, 5.41) is 9.07. The van der Waals surface area contributed by atoms with Crippen molar-refractivity contribution in [3.05, 3.63) is 12.2 Å². The zero-order valence-corrected chi connectivity index (χ0v) is 7.99. The molecule has 1 unspecified atom stereocenters. The first-order chi connectivity index (χ1) is 6.13. The van der Waals surface area contributed by atoms with E-state index in [9.17, 15) is 4.79 Å². The minimum absolute atomic E-state index is 0.0246. The van der Waals surface area contributed by atoms with Gasteiger partial charge in [0, 0.05) is 6.61 Å². The van der Waals surface area contributed by atoms with Gasteiger partial charge in [0.25, 0.3) is 0 Å². The molecule has 1 aliphatic carbocycles. The predicted molar refractivity (Wildman–Crippen MR) is 50.9 cm³/mol. The molecular weight excluding hydrogens is 166 g/mol. The molecule has 0 aromatic carbocycles. The summed E-state index contributed by atoms with van der Waals surface area (Å²) >= 11 is 0. The molecule has 74 valence electrons. The van der Waals surface area contributed by atoms with Crippen molar-refractivity contribution in [3.8, 4) is 0 Å². The van der Waals surface area contributed by atoms with Crippen LogP contribution in [0.1, 0.15) is 26.2 Å². The Morgan fingerprint density at radius 2 is 2.38 bits per heavy atom. The molecule has 0 fully saturated rings. The molecule has 0 heterocycles. The highest BCUT2D eigenvalue weighted by atomic mass is 16.3. The van der Waals surface area contributed by atoms with Crippen LogP contribution in [0.2, 0.25) is 0 Å². The van der Waals surface area contributed by atoms with E-state index in [0.29, 0.717) is 6.42 Å². The highest BCUT2D eigenvalue weighted by Gasteiger charge is 2.40. The zero-order valence-electron chi connectivity index (χ0n) is 7.99. The predicted octanol–water partition coefficient (Wildman–Crippen LogP) is 0.827. The molecule has 0 radical (unpaired) electrons. The maximum absolute atomic E-state index is 11.4. The minimum Gasteiger partial charge on any atom is -0.396 e. The number of rotatable bonds is 3. The Bertz CT molecular complexity index is 225. The number of primary amides is 1. The normalized spacial score (nSPS) is 30.0. The summed E-state index contributed by atoms with van der Waals surface area (Å²) in [5.74, 6) is -0.326. The second-order valence-electron chi connectivity index (χ2n) is 3.82. The fraction of sp³-hybridized carbons (Fsp3) is 0.700. The molecule has 0 bridgehead atoms. The van der Waals surface area contributed by atoms with Gasteiger partial charge < -0.3 is 10.8 Å². The van der Waals surface area contributed by atoms with Gasteiger partial charge in [0.2, 0.25) is 5.91 Å². The van der Waals surface area contributed by atoms with Gasteiger partial charge in [0.15, 0.2) is 0 Å². The van der Waals surface area contributed by atoms with Crippen LogP contribution in [0.5, 0.6) is 0 Å². The molecule has 1 amide bonds. The molecule has 0 aromatic heterocycles. The summed E-state index contributed by atoms with van der Waals surface area (Å²) in [7, 11) is 0. The monoisotopic (exact) mass is 183 g/mol. The average Bonchev–Trinajstić information content (AvgIpc) is 2.17. The van der Waals surface area contributed by atoms with E-state index in [1.807, 2.05) is 13.0 Å². The fourth-order valence-electron chi connectivity index (χ4n) is 1.94. The van der Waals surface area contributed by atoms with Crippen LogP contribution in [-0.2, 0) is 4.79 Å². The lowest BCUT2D eigenvalue weighted by molar-refractivity contribution is -0.132. The molecule has 0 aromatic rings. The Morgan fingerprint density at radius 1 is 1.69 bits per heavy atom. The van der Waals surface area contributed by atoms with E-state index in [0.717, 1.165) is 12.8 Å². The van der Waals surface area contributed by atoms with Crippen molar-refractivity contribution in [2.24, 2.45) is 17.1 Å². The molecule has 3 N–H and O–H groups in total. The van der Waals surface area contributed by atoms with E-state index >= 15 is 0 Å². The minimum atomic E-state index is -0.510.